The van der Waals surface area contributed by atoms with Crippen molar-refractivity contribution in [3.63, 3.8) is 0 Å². The zero-order chi connectivity index (χ0) is 47.3. The SMILES string of the molecule is CC(C)(C)c1cc2c3c(c1)N(c1cccc(-c4cc5ccccc5o4)c1)c1oc4ccc(C(C)(C)C)cc4c1B3c1c(oc3ccc(C(C)(C)C)cc13)N2c1cccc(-c2cc3ccccc3o2)c1. The lowest BCUT2D eigenvalue weighted by Crippen LogP contribution is -2.61. The van der Waals surface area contributed by atoms with E-state index in [0.717, 1.165) is 112 Å². The molecule has 6 heterocycles. The molecule has 7 heteroatoms. The Kier molecular flexibility index (Phi) is 8.70. The van der Waals surface area contributed by atoms with Gasteiger partial charge in [0.25, 0.3) is 6.71 Å². The summed E-state index contributed by atoms with van der Waals surface area (Å²) >= 11 is 0. The molecule has 0 N–H and O–H groups in total. The second kappa shape index (κ2) is 14.4. The smallest absolute Gasteiger partial charge is 0.262 e. The fraction of sp³-hybridized carbons (Fsp3) is 0.194. The van der Waals surface area contributed by atoms with E-state index in [2.05, 4.69) is 206 Å². The van der Waals surface area contributed by atoms with E-state index in [4.69, 9.17) is 17.7 Å². The van der Waals surface area contributed by atoms with Crippen LogP contribution >= 0.6 is 0 Å². The molecular formula is C62H53BN2O4. The largest absolute Gasteiger partial charge is 0.456 e. The number of nitrogens with zero attached hydrogens (tertiary/aromatic N) is 2. The minimum absolute atomic E-state index is 0.0956. The van der Waals surface area contributed by atoms with E-state index >= 15 is 0 Å². The highest BCUT2D eigenvalue weighted by atomic mass is 16.4. The molecule has 2 aliphatic rings. The first kappa shape index (κ1) is 41.5. The second-order valence-corrected chi connectivity index (χ2v) is 22.2. The Balaban J connectivity index is 1.14. The van der Waals surface area contributed by atoms with Crippen LogP contribution in [0.3, 0.4) is 0 Å². The highest BCUT2D eigenvalue weighted by Crippen LogP contribution is 2.50. The van der Waals surface area contributed by atoms with Crippen molar-refractivity contribution < 1.29 is 17.7 Å². The molecule has 0 saturated heterocycles. The normalized spacial score (nSPS) is 13.8. The quantitative estimate of drug-likeness (QED) is 0.164. The van der Waals surface area contributed by atoms with Crippen molar-refractivity contribution in [1.82, 2.24) is 0 Å². The predicted molar refractivity (Wildman–Crippen MR) is 287 cm³/mol. The molecular weight excluding hydrogens is 848 g/mol. The van der Waals surface area contributed by atoms with Crippen molar-refractivity contribution >= 4 is 101 Å². The molecule has 0 radical (unpaired) electrons. The third-order valence-corrected chi connectivity index (χ3v) is 14.5. The van der Waals surface area contributed by atoms with E-state index in [9.17, 15) is 0 Å². The van der Waals surface area contributed by atoms with E-state index in [0.29, 0.717) is 0 Å². The molecule has 338 valence electrons. The summed E-state index contributed by atoms with van der Waals surface area (Å²) in [5.74, 6) is 3.25. The number of hydrogen-bond acceptors (Lipinski definition) is 6. The highest BCUT2D eigenvalue weighted by Gasteiger charge is 2.49. The number of hydrogen-bond donors (Lipinski definition) is 0. The minimum Gasteiger partial charge on any atom is -0.456 e. The van der Waals surface area contributed by atoms with Gasteiger partial charge in [0.1, 0.15) is 33.9 Å². The predicted octanol–water partition coefficient (Wildman–Crippen LogP) is 16.0. The fourth-order valence-electron chi connectivity index (χ4n) is 10.8. The molecule has 7 aromatic carbocycles. The van der Waals surface area contributed by atoms with Crippen LogP contribution in [0.1, 0.15) is 79.0 Å². The first-order valence-corrected chi connectivity index (χ1v) is 24.2. The number of rotatable bonds is 4. The van der Waals surface area contributed by atoms with Crippen LogP contribution in [0, 0.1) is 0 Å². The molecule has 11 aromatic rings. The highest BCUT2D eigenvalue weighted by molar-refractivity contribution is 7.02. The first-order valence-electron chi connectivity index (χ1n) is 24.2. The van der Waals surface area contributed by atoms with Crippen molar-refractivity contribution in [2.24, 2.45) is 0 Å². The van der Waals surface area contributed by atoms with Gasteiger partial charge in [0.2, 0.25) is 11.8 Å². The lowest BCUT2D eigenvalue weighted by molar-refractivity contribution is 0.588. The van der Waals surface area contributed by atoms with Gasteiger partial charge in [0, 0.05) is 66.3 Å². The fourth-order valence-corrected chi connectivity index (χ4v) is 10.8. The second-order valence-electron chi connectivity index (χ2n) is 22.2. The molecule has 4 aromatic heterocycles. The zero-order valence-corrected chi connectivity index (χ0v) is 40.6. The summed E-state index contributed by atoms with van der Waals surface area (Å²) in [6.07, 6.45) is 0. The lowest BCUT2D eigenvalue weighted by atomic mass is 9.33. The van der Waals surface area contributed by atoms with Crippen molar-refractivity contribution in [2.75, 3.05) is 9.80 Å². The Morgan fingerprint density at radius 3 is 1.22 bits per heavy atom. The lowest BCUT2D eigenvalue weighted by Gasteiger charge is -2.41. The zero-order valence-electron chi connectivity index (χ0n) is 40.6. The number of furan rings is 4. The molecule has 69 heavy (non-hydrogen) atoms. The molecule has 0 amide bonds. The number of para-hydroxylation sites is 2. The average Bonchev–Trinajstić information content (AvgIpc) is 4.13. The van der Waals surface area contributed by atoms with Crippen molar-refractivity contribution in [2.45, 2.75) is 78.6 Å². The van der Waals surface area contributed by atoms with E-state index in [1.54, 1.807) is 0 Å². The third-order valence-electron chi connectivity index (χ3n) is 14.5. The maximum atomic E-state index is 7.33. The van der Waals surface area contributed by atoms with Crippen LogP contribution in [0.5, 0.6) is 0 Å². The van der Waals surface area contributed by atoms with E-state index < -0.39 is 0 Å². The molecule has 0 unspecified atom stereocenters. The van der Waals surface area contributed by atoms with Crippen LogP contribution in [0.4, 0.5) is 34.5 Å². The van der Waals surface area contributed by atoms with Crippen LogP contribution < -0.4 is 26.2 Å². The molecule has 13 rings (SSSR count). The Bertz CT molecular complexity index is 3590. The molecule has 0 spiro atoms. The van der Waals surface area contributed by atoms with Gasteiger partial charge in [-0.05, 0) is 123 Å². The van der Waals surface area contributed by atoms with Crippen LogP contribution in [-0.2, 0) is 16.2 Å². The standard InChI is InChI=1S/C62H53BN2O4/c1-60(2,3)40-24-26-51-45(32-40)55-58(68-51)64(43-20-14-18-36(28-43)53-30-38-16-10-12-22-49(38)66-53)47-34-42(62(7,8)9)35-48-57(47)63(55)56-46-33-41(61(4,5)6)25-27-52(46)69-59(56)65(48)44-21-15-19-37(29-44)54-31-39-17-11-13-23-50(39)67-54/h10-35H,1-9H3. The van der Waals surface area contributed by atoms with Gasteiger partial charge >= 0.3 is 0 Å². The van der Waals surface area contributed by atoms with Gasteiger partial charge in [0.15, 0.2) is 0 Å². The summed E-state index contributed by atoms with van der Waals surface area (Å²) in [6, 6.07) is 56.5. The maximum Gasteiger partial charge on any atom is 0.262 e. The van der Waals surface area contributed by atoms with Gasteiger partial charge < -0.3 is 17.7 Å². The number of fused-ring (bicyclic) bond motifs is 10. The monoisotopic (exact) mass is 900 g/mol. The van der Waals surface area contributed by atoms with Crippen molar-refractivity contribution in [3.8, 4) is 22.6 Å². The molecule has 2 aliphatic heterocycles. The van der Waals surface area contributed by atoms with Crippen LogP contribution in [0.15, 0.2) is 175 Å². The number of benzene rings is 7. The summed E-state index contributed by atoms with van der Waals surface area (Å²) in [5.41, 5.74) is 16.2. The van der Waals surface area contributed by atoms with Crippen LogP contribution in [-0.4, -0.2) is 6.71 Å². The maximum absolute atomic E-state index is 7.33. The Morgan fingerprint density at radius 1 is 0.362 bits per heavy atom. The van der Waals surface area contributed by atoms with E-state index in [-0.39, 0.29) is 23.0 Å². The molecule has 0 saturated carbocycles. The summed E-state index contributed by atoms with van der Waals surface area (Å²) in [6.45, 7) is 20.3. The summed E-state index contributed by atoms with van der Waals surface area (Å²) in [5, 5.41) is 4.35. The van der Waals surface area contributed by atoms with Gasteiger partial charge in [-0.25, -0.2) is 0 Å². The van der Waals surface area contributed by atoms with Gasteiger partial charge in [-0.15, -0.1) is 0 Å². The molecule has 0 atom stereocenters. The van der Waals surface area contributed by atoms with Crippen molar-refractivity contribution in [1.29, 1.82) is 0 Å². The summed E-state index contributed by atoms with van der Waals surface area (Å²) in [4.78, 5) is 4.75. The minimum atomic E-state index is -0.244. The first-order chi connectivity index (χ1) is 33.1. The third kappa shape index (κ3) is 6.46. The molecule has 0 aliphatic carbocycles. The Hall–Kier alpha value is -7.64. The van der Waals surface area contributed by atoms with Crippen molar-refractivity contribution in [3.05, 3.63) is 174 Å². The molecule has 0 fully saturated rings. The Labute approximate surface area is 402 Å². The topological polar surface area (TPSA) is 59.0 Å². The summed E-state index contributed by atoms with van der Waals surface area (Å²) < 4.78 is 27.7. The van der Waals surface area contributed by atoms with E-state index in [1.165, 1.54) is 22.2 Å². The average molecular weight is 901 g/mol. The van der Waals surface area contributed by atoms with E-state index in [1.807, 2.05) is 24.3 Å². The van der Waals surface area contributed by atoms with Gasteiger partial charge in [0.05, 0.1) is 0 Å². The molecule has 0 bridgehead atoms. The van der Waals surface area contributed by atoms with Gasteiger partial charge in [-0.2, -0.15) is 0 Å². The van der Waals surface area contributed by atoms with Gasteiger partial charge in [-0.1, -0.05) is 135 Å². The van der Waals surface area contributed by atoms with Crippen LogP contribution in [0.2, 0.25) is 0 Å². The number of anilines is 6. The molecule has 6 nitrogen and oxygen atoms in total. The summed E-state index contributed by atoms with van der Waals surface area (Å²) in [7, 11) is 0. The van der Waals surface area contributed by atoms with Crippen LogP contribution in [0.25, 0.3) is 66.5 Å². The van der Waals surface area contributed by atoms with Gasteiger partial charge in [-0.3, -0.25) is 9.80 Å². The Morgan fingerprint density at radius 2 is 0.797 bits per heavy atom.